The van der Waals surface area contributed by atoms with Crippen LogP contribution in [0.2, 0.25) is 0 Å². The standard InChI is InChI=1S/C60H30N6/c61-31-49(34-13-19-64-20-14-34)52-43-25-37-7-1-4-10-40(37)28-46(43)55-58(52)56-47-29-41-11-5-2-8-38(41)26-44(47)54(51(33-63)36-17-23-66-24-18-36)60(56)57-48-30-42-12-6-3-9-39(42)27-45(48)53(59(55)57)50(32-62)35-15-21-65-22-16-35/h1-30H/b52-49+,53-50+,54-51+. The predicted octanol–water partition coefficient (Wildman–Crippen LogP) is 13.7. The minimum Gasteiger partial charge on any atom is -0.265 e. The fraction of sp³-hybridized carbons (Fsp3) is 0. The zero-order valence-electron chi connectivity index (χ0n) is 35.0. The van der Waals surface area contributed by atoms with Crippen LogP contribution < -0.4 is 0 Å². The summed E-state index contributed by atoms with van der Waals surface area (Å²) in [5, 5.41) is 40.9. The van der Waals surface area contributed by atoms with Crippen LogP contribution in [0.25, 0.3) is 99.1 Å². The molecule has 0 aliphatic heterocycles. The van der Waals surface area contributed by atoms with Crippen molar-refractivity contribution in [2.75, 3.05) is 0 Å². The molecule has 0 radical (unpaired) electrons. The highest BCUT2D eigenvalue weighted by Gasteiger charge is 2.45. The molecule has 0 spiro atoms. The normalized spacial score (nSPS) is 14.9. The molecule has 3 heterocycles. The van der Waals surface area contributed by atoms with Crippen LogP contribution in [0.5, 0.6) is 0 Å². The van der Waals surface area contributed by atoms with E-state index in [1.54, 1.807) is 37.2 Å². The summed E-state index contributed by atoms with van der Waals surface area (Å²) in [5.41, 5.74) is 17.3. The summed E-state index contributed by atoms with van der Waals surface area (Å²) in [6.45, 7) is 0. The van der Waals surface area contributed by atoms with Crippen molar-refractivity contribution in [3.63, 3.8) is 0 Å². The molecule has 300 valence electrons. The van der Waals surface area contributed by atoms with Gasteiger partial charge in [-0.05, 0) is 172 Å². The van der Waals surface area contributed by atoms with Crippen molar-refractivity contribution in [2.24, 2.45) is 0 Å². The van der Waals surface area contributed by atoms with Crippen molar-refractivity contribution < 1.29 is 0 Å². The summed E-state index contributed by atoms with van der Waals surface area (Å²) in [7, 11) is 0. The smallest absolute Gasteiger partial charge is 0.100 e. The van der Waals surface area contributed by atoms with E-state index in [0.717, 1.165) is 132 Å². The zero-order valence-corrected chi connectivity index (χ0v) is 35.0. The Bertz CT molecular complexity index is 3610. The molecule has 3 aliphatic rings. The van der Waals surface area contributed by atoms with Gasteiger partial charge in [-0.1, -0.05) is 72.8 Å². The maximum atomic E-state index is 11.5. The van der Waals surface area contributed by atoms with E-state index in [1.807, 2.05) is 54.6 Å². The highest BCUT2D eigenvalue weighted by atomic mass is 14.6. The second-order valence-electron chi connectivity index (χ2n) is 16.8. The first kappa shape index (κ1) is 37.1. The first-order valence-corrected chi connectivity index (χ1v) is 21.6. The Labute approximate surface area is 379 Å². The highest BCUT2D eigenvalue weighted by molar-refractivity contribution is 6.31. The Balaban J connectivity index is 1.35. The van der Waals surface area contributed by atoms with Gasteiger partial charge in [0.15, 0.2) is 0 Å². The van der Waals surface area contributed by atoms with Crippen LogP contribution in [0.15, 0.2) is 183 Å². The van der Waals surface area contributed by atoms with E-state index in [4.69, 9.17) is 0 Å². The van der Waals surface area contributed by atoms with E-state index in [1.165, 1.54) is 0 Å². The van der Waals surface area contributed by atoms with Gasteiger partial charge in [0.1, 0.15) is 18.2 Å². The van der Waals surface area contributed by atoms with Crippen LogP contribution in [0, 0.1) is 34.0 Å². The first-order chi connectivity index (χ1) is 32.6. The molecule has 0 unspecified atom stereocenters. The quantitative estimate of drug-likeness (QED) is 0.164. The van der Waals surface area contributed by atoms with Crippen LogP contribution in [0.4, 0.5) is 0 Å². The second-order valence-corrected chi connectivity index (χ2v) is 16.8. The number of hydrogen-bond acceptors (Lipinski definition) is 6. The Kier molecular flexibility index (Phi) is 8.00. The van der Waals surface area contributed by atoms with Crippen molar-refractivity contribution in [2.45, 2.75) is 0 Å². The third kappa shape index (κ3) is 5.17. The summed E-state index contributed by atoms with van der Waals surface area (Å²) in [4.78, 5) is 13.0. The molecular formula is C60H30N6. The highest BCUT2D eigenvalue weighted by Crippen LogP contribution is 2.66. The van der Waals surface area contributed by atoms with Crippen molar-refractivity contribution in [3.8, 4) is 51.6 Å². The molecule has 3 aromatic heterocycles. The first-order valence-electron chi connectivity index (χ1n) is 21.6. The summed E-state index contributed by atoms with van der Waals surface area (Å²) >= 11 is 0. The zero-order chi connectivity index (χ0) is 44.0. The van der Waals surface area contributed by atoms with Crippen molar-refractivity contribution in [1.29, 1.82) is 15.8 Å². The molecule has 13 rings (SSSR count). The molecule has 7 aromatic carbocycles. The molecule has 0 amide bonds. The number of hydrogen-bond donors (Lipinski definition) is 0. The minimum atomic E-state index is 0.505. The van der Waals surface area contributed by atoms with E-state index in [-0.39, 0.29) is 0 Å². The monoisotopic (exact) mass is 834 g/mol. The molecule has 0 fully saturated rings. The van der Waals surface area contributed by atoms with E-state index in [2.05, 4.69) is 124 Å². The van der Waals surface area contributed by atoms with Crippen molar-refractivity contribution >= 4 is 65.8 Å². The summed E-state index contributed by atoms with van der Waals surface area (Å²) in [5.74, 6) is 0. The van der Waals surface area contributed by atoms with Gasteiger partial charge >= 0.3 is 0 Å². The average molecular weight is 835 g/mol. The van der Waals surface area contributed by atoms with Gasteiger partial charge < -0.3 is 0 Å². The SMILES string of the molecule is N#C/C(=C1/c2cc3ccccc3cc2-c2c1c1c(c3c2/C(=C(\C#N)c2ccncc2)c2cc4ccccc4cc2-3)/C(=C(\C#N)c2ccncc2)c2cc3ccccc3cc2-1)c1ccncc1. The number of benzene rings is 7. The number of aromatic nitrogens is 3. The predicted molar refractivity (Wildman–Crippen MR) is 263 cm³/mol. The van der Waals surface area contributed by atoms with Crippen molar-refractivity contribution in [1.82, 2.24) is 15.0 Å². The van der Waals surface area contributed by atoms with Crippen molar-refractivity contribution in [3.05, 3.63) is 233 Å². The van der Waals surface area contributed by atoms with E-state index >= 15 is 0 Å². The number of nitriles is 3. The van der Waals surface area contributed by atoms with Crippen LogP contribution in [0.1, 0.15) is 50.1 Å². The molecule has 0 atom stereocenters. The van der Waals surface area contributed by atoms with Crippen LogP contribution in [-0.4, -0.2) is 15.0 Å². The lowest BCUT2D eigenvalue weighted by molar-refractivity contribution is 1.32. The van der Waals surface area contributed by atoms with Gasteiger partial charge in [-0.15, -0.1) is 0 Å². The number of fused-ring (bicyclic) bond motifs is 15. The lowest BCUT2D eigenvalue weighted by atomic mass is 9.81. The molecule has 6 heteroatoms. The number of rotatable bonds is 3. The summed E-state index contributed by atoms with van der Waals surface area (Å²) < 4.78 is 0. The molecule has 3 aliphatic carbocycles. The van der Waals surface area contributed by atoms with Crippen LogP contribution in [-0.2, 0) is 0 Å². The van der Waals surface area contributed by atoms with Crippen LogP contribution in [0.3, 0.4) is 0 Å². The minimum absolute atomic E-state index is 0.505. The van der Waals surface area contributed by atoms with Gasteiger partial charge in [-0.2, -0.15) is 15.8 Å². The molecule has 0 bridgehead atoms. The summed E-state index contributed by atoms with van der Waals surface area (Å²) in [6.07, 6.45) is 10.4. The molecular weight excluding hydrogens is 805 g/mol. The maximum Gasteiger partial charge on any atom is 0.100 e. The van der Waals surface area contributed by atoms with Gasteiger partial charge in [-0.25, -0.2) is 0 Å². The number of pyridine rings is 3. The Morgan fingerprint density at radius 3 is 0.742 bits per heavy atom. The third-order valence-electron chi connectivity index (χ3n) is 13.5. The molecule has 66 heavy (non-hydrogen) atoms. The molecule has 10 aromatic rings. The van der Waals surface area contributed by atoms with Gasteiger partial charge in [-0.3, -0.25) is 15.0 Å². The Morgan fingerprint density at radius 2 is 0.515 bits per heavy atom. The third-order valence-corrected chi connectivity index (χ3v) is 13.5. The number of nitrogens with zero attached hydrogens (tertiary/aromatic N) is 6. The molecule has 0 saturated heterocycles. The van der Waals surface area contributed by atoms with E-state index in [0.29, 0.717) is 16.7 Å². The van der Waals surface area contributed by atoms with E-state index in [9.17, 15) is 15.8 Å². The van der Waals surface area contributed by atoms with E-state index < -0.39 is 0 Å². The second kappa shape index (κ2) is 14.2. The fourth-order valence-electron chi connectivity index (χ4n) is 10.8. The van der Waals surface area contributed by atoms with Gasteiger partial charge in [0, 0.05) is 70.6 Å². The van der Waals surface area contributed by atoms with Gasteiger partial charge in [0.05, 0.1) is 16.7 Å². The largest absolute Gasteiger partial charge is 0.265 e. The molecule has 0 saturated carbocycles. The van der Waals surface area contributed by atoms with Crippen LogP contribution >= 0.6 is 0 Å². The topological polar surface area (TPSA) is 110 Å². The molecule has 0 N–H and O–H groups in total. The number of allylic oxidation sites excluding steroid dienone is 3. The summed E-state index contributed by atoms with van der Waals surface area (Å²) in [6, 6.07) is 57.9. The fourth-order valence-corrected chi connectivity index (χ4v) is 10.8. The van der Waals surface area contributed by atoms with Gasteiger partial charge in [0.25, 0.3) is 0 Å². The lowest BCUT2D eigenvalue weighted by Crippen LogP contribution is -2.00. The maximum absolute atomic E-state index is 11.5. The lowest BCUT2D eigenvalue weighted by Gasteiger charge is -2.20. The average Bonchev–Trinajstić information content (AvgIpc) is 3.98. The Morgan fingerprint density at radius 1 is 0.288 bits per heavy atom. The Hall–Kier alpha value is -9.54. The molecule has 6 nitrogen and oxygen atoms in total. The van der Waals surface area contributed by atoms with Gasteiger partial charge in [0.2, 0.25) is 0 Å².